The SMILES string of the molecule is O=C(CSc1nnc2n(C[C@H]3CCCO3)c(=O)c3sccc3n12)Nc1ccc(F)c(Cl)c1. The van der Waals surface area contributed by atoms with E-state index in [0.717, 1.165) is 12.8 Å². The summed E-state index contributed by atoms with van der Waals surface area (Å²) >= 11 is 8.32. The van der Waals surface area contributed by atoms with E-state index in [2.05, 4.69) is 15.5 Å². The number of aromatic nitrogens is 4. The van der Waals surface area contributed by atoms with Gasteiger partial charge in [-0.15, -0.1) is 21.5 Å². The van der Waals surface area contributed by atoms with Crippen LogP contribution in [0.1, 0.15) is 12.8 Å². The maximum absolute atomic E-state index is 13.3. The van der Waals surface area contributed by atoms with Gasteiger partial charge in [0.05, 0.1) is 28.9 Å². The molecular formula is C20H17ClFN5O3S2. The molecule has 4 aromatic rings. The Bertz CT molecular complexity index is 1380. The van der Waals surface area contributed by atoms with E-state index >= 15 is 0 Å². The number of nitrogens with one attached hydrogen (secondary N) is 1. The van der Waals surface area contributed by atoms with Gasteiger partial charge in [0.15, 0.2) is 5.16 Å². The Hall–Kier alpha value is -2.47. The molecule has 1 atom stereocenters. The van der Waals surface area contributed by atoms with E-state index in [0.29, 0.717) is 40.0 Å². The first kappa shape index (κ1) is 21.4. The molecule has 0 unspecified atom stereocenters. The van der Waals surface area contributed by atoms with E-state index in [1.807, 2.05) is 11.4 Å². The summed E-state index contributed by atoms with van der Waals surface area (Å²) in [4.78, 5) is 25.5. The Morgan fingerprint density at radius 3 is 3.03 bits per heavy atom. The summed E-state index contributed by atoms with van der Waals surface area (Å²) in [6.45, 7) is 1.10. The molecular weight excluding hydrogens is 477 g/mol. The number of nitrogens with zero attached hydrogens (tertiary/aromatic N) is 4. The maximum Gasteiger partial charge on any atom is 0.272 e. The number of anilines is 1. The molecule has 166 valence electrons. The Morgan fingerprint density at radius 2 is 2.25 bits per heavy atom. The monoisotopic (exact) mass is 493 g/mol. The molecule has 12 heteroatoms. The van der Waals surface area contributed by atoms with Gasteiger partial charge in [-0.05, 0) is 42.5 Å². The van der Waals surface area contributed by atoms with Gasteiger partial charge < -0.3 is 10.1 Å². The van der Waals surface area contributed by atoms with Gasteiger partial charge >= 0.3 is 0 Å². The quantitative estimate of drug-likeness (QED) is 0.411. The number of fused-ring (bicyclic) bond motifs is 3. The molecule has 0 bridgehead atoms. The second-order valence-corrected chi connectivity index (χ2v) is 9.54. The second kappa shape index (κ2) is 8.81. The van der Waals surface area contributed by atoms with Crippen molar-refractivity contribution in [3.8, 4) is 0 Å². The summed E-state index contributed by atoms with van der Waals surface area (Å²) in [6, 6.07) is 5.83. The third-order valence-electron chi connectivity index (χ3n) is 5.13. The minimum atomic E-state index is -0.553. The molecule has 1 aliphatic rings. The lowest BCUT2D eigenvalue weighted by Gasteiger charge is -2.13. The molecule has 0 spiro atoms. The lowest BCUT2D eigenvalue weighted by atomic mass is 10.2. The van der Waals surface area contributed by atoms with Crippen LogP contribution in [0.3, 0.4) is 0 Å². The van der Waals surface area contributed by atoms with Crippen LogP contribution in [0.25, 0.3) is 16.0 Å². The zero-order valence-electron chi connectivity index (χ0n) is 16.6. The lowest BCUT2D eigenvalue weighted by Crippen LogP contribution is -2.28. The van der Waals surface area contributed by atoms with Gasteiger partial charge in [0.25, 0.3) is 5.56 Å². The second-order valence-electron chi connectivity index (χ2n) is 7.27. The standard InChI is InChI=1S/C20H17ClFN5O3S2/c21-13-8-11(3-4-14(13)22)23-16(28)10-32-20-25-24-19-26(9-12-2-1-6-30-12)18(29)17-15(27(19)20)5-7-31-17/h3-5,7-8,12H,1-2,6,9-10H2,(H,23,28)/t12-/m1/s1. The number of carbonyl (C=O) groups excluding carboxylic acids is 1. The molecule has 1 aromatic carbocycles. The number of thiophene rings is 1. The number of carbonyl (C=O) groups is 1. The normalized spacial score (nSPS) is 16.2. The molecule has 3 aromatic heterocycles. The van der Waals surface area contributed by atoms with Crippen molar-refractivity contribution < 1.29 is 13.9 Å². The van der Waals surface area contributed by atoms with Crippen molar-refractivity contribution in [2.45, 2.75) is 30.6 Å². The van der Waals surface area contributed by atoms with Crippen LogP contribution in [0.4, 0.5) is 10.1 Å². The van der Waals surface area contributed by atoms with E-state index in [1.54, 1.807) is 8.97 Å². The van der Waals surface area contributed by atoms with E-state index < -0.39 is 5.82 Å². The van der Waals surface area contributed by atoms with Crippen LogP contribution in [0.2, 0.25) is 5.02 Å². The summed E-state index contributed by atoms with van der Waals surface area (Å²) in [5.74, 6) is -0.386. The fraction of sp³-hybridized carbons (Fsp3) is 0.300. The Balaban J connectivity index is 1.42. The first-order chi connectivity index (χ1) is 15.5. The lowest BCUT2D eigenvalue weighted by molar-refractivity contribution is -0.113. The van der Waals surface area contributed by atoms with Crippen LogP contribution in [-0.2, 0) is 16.1 Å². The fourth-order valence-electron chi connectivity index (χ4n) is 3.65. The molecule has 5 rings (SSSR count). The molecule has 1 aliphatic heterocycles. The number of rotatable bonds is 6. The molecule has 1 fully saturated rings. The van der Waals surface area contributed by atoms with Crippen LogP contribution < -0.4 is 10.9 Å². The van der Waals surface area contributed by atoms with Crippen LogP contribution >= 0.6 is 34.7 Å². The molecule has 1 saturated heterocycles. The van der Waals surface area contributed by atoms with Crippen molar-refractivity contribution >= 4 is 62.3 Å². The fourth-order valence-corrected chi connectivity index (χ4v) is 5.40. The number of halogens is 2. The first-order valence-corrected chi connectivity index (χ1v) is 12.1. The number of hydrogen-bond donors (Lipinski definition) is 1. The predicted octanol–water partition coefficient (Wildman–Crippen LogP) is 3.81. The molecule has 0 radical (unpaired) electrons. The molecule has 4 heterocycles. The number of thioether (sulfide) groups is 1. The summed E-state index contributed by atoms with van der Waals surface area (Å²) in [5.41, 5.74) is 0.989. The van der Waals surface area contributed by atoms with Gasteiger partial charge in [0, 0.05) is 12.3 Å². The molecule has 0 aliphatic carbocycles. The van der Waals surface area contributed by atoms with Gasteiger partial charge in [-0.3, -0.25) is 18.6 Å². The third-order valence-corrected chi connectivity index (χ3v) is 7.24. The summed E-state index contributed by atoms with van der Waals surface area (Å²) in [7, 11) is 0. The summed E-state index contributed by atoms with van der Waals surface area (Å²) < 4.78 is 23.0. The van der Waals surface area contributed by atoms with Crippen LogP contribution in [0.15, 0.2) is 39.6 Å². The smallest absolute Gasteiger partial charge is 0.272 e. The highest BCUT2D eigenvalue weighted by Gasteiger charge is 2.23. The van der Waals surface area contributed by atoms with Gasteiger partial charge in [0.2, 0.25) is 11.7 Å². The van der Waals surface area contributed by atoms with Crippen molar-refractivity contribution in [3.05, 3.63) is 50.8 Å². The molecule has 32 heavy (non-hydrogen) atoms. The predicted molar refractivity (Wildman–Crippen MR) is 122 cm³/mol. The average molecular weight is 494 g/mol. The largest absolute Gasteiger partial charge is 0.376 e. The van der Waals surface area contributed by atoms with Crippen LogP contribution in [0.5, 0.6) is 0 Å². The minimum Gasteiger partial charge on any atom is -0.376 e. The van der Waals surface area contributed by atoms with Gasteiger partial charge in [-0.1, -0.05) is 23.4 Å². The molecule has 1 amide bonds. The minimum absolute atomic E-state index is 0.0324. The van der Waals surface area contributed by atoms with E-state index in [1.165, 1.54) is 41.3 Å². The van der Waals surface area contributed by atoms with Gasteiger partial charge in [0.1, 0.15) is 10.5 Å². The van der Waals surface area contributed by atoms with E-state index in [9.17, 15) is 14.0 Å². The first-order valence-electron chi connectivity index (χ1n) is 9.85. The van der Waals surface area contributed by atoms with Crippen molar-refractivity contribution in [1.82, 2.24) is 19.2 Å². The Kier molecular flexibility index (Phi) is 5.89. The van der Waals surface area contributed by atoms with Crippen LogP contribution in [0, 0.1) is 5.82 Å². The highest BCUT2D eigenvalue weighted by atomic mass is 35.5. The molecule has 1 N–H and O–H groups in total. The van der Waals surface area contributed by atoms with Crippen molar-refractivity contribution in [2.24, 2.45) is 0 Å². The third kappa shape index (κ3) is 4.01. The van der Waals surface area contributed by atoms with E-state index in [-0.39, 0.29) is 28.3 Å². The zero-order chi connectivity index (χ0) is 22.2. The number of hydrogen-bond acceptors (Lipinski definition) is 7. The van der Waals surface area contributed by atoms with E-state index in [4.69, 9.17) is 16.3 Å². The van der Waals surface area contributed by atoms with Crippen molar-refractivity contribution in [1.29, 1.82) is 0 Å². The Morgan fingerprint density at radius 1 is 1.38 bits per heavy atom. The van der Waals surface area contributed by atoms with Crippen molar-refractivity contribution in [3.63, 3.8) is 0 Å². The molecule has 8 nitrogen and oxygen atoms in total. The maximum atomic E-state index is 13.3. The molecule has 0 saturated carbocycles. The average Bonchev–Trinajstić information content (AvgIpc) is 3.52. The van der Waals surface area contributed by atoms with Gasteiger partial charge in [-0.2, -0.15) is 0 Å². The van der Waals surface area contributed by atoms with Gasteiger partial charge in [-0.25, -0.2) is 4.39 Å². The highest BCUT2D eigenvalue weighted by molar-refractivity contribution is 7.99. The summed E-state index contributed by atoms with van der Waals surface area (Å²) in [5, 5.41) is 13.4. The highest BCUT2D eigenvalue weighted by Crippen LogP contribution is 2.26. The van der Waals surface area contributed by atoms with Crippen molar-refractivity contribution in [2.75, 3.05) is 17.7 Å². The zero-order valence-corrected chi connectivity index (χ0v) is 19.0. The van der Waals surface area contributed by atoms with Crippen LogP contribution in [-0.4, -0.2) is 43.5 Å². The number of benzene rings is 1. The number of ether oxygens (including phenoxy) is 1. The Labute approximate surface area is 194 Å². The number of amides is 1. The summed E-state index contributed by atoms with van der Waals surface area (Å²) in [6.07, 6.45) is 1.83. The topological polar surface area (TPSA) is 90.5 Å².